The average Bonchev–Trinajstić information content (AvgIpc) is 2.56. The zero-order valence-corrected chi connectivity index (χ0v) is 14.9. The highest BCUT2D eigenvalue weighted by molar-refractivity contribution is 5.76. The van der Waals surface area contributed by atoms with E-state index in [1.165, 1.54) is 6.07 Å². The maximum Gasteiger partial charge on any atom is 0.220 e. The third-order valence-electron chi connectivity index (χ3n) is 4.51. The molecule has 1 amide bonds. The van der Waals surface area contributed by atoms with E-state index in [2.05, 4.69) is 27.5 Å². The third kappa shape index (κ3) is 5.18. The summed E-state index contributed by atoms with van der Waals surface area (Å²) in [6.45, 7) is 6.54. The van der Waals surface area contributed by atoms with Crippen LogP contribution in [0.3, 0.4) is 0 Å². The monoisotopic (exact) mass is 336 g/mol. The molecule has 0 bridgehead atoms. The molecule has 6 heteroatoms. The van der Waals surface area contributed by atoms with Crippen molar-refractivity contribution in [1.82, 2.24) is 15.5 Å². The molecule has 1 aliphatic rings. The number of carbonyl (C=O) groups is 1. The molecule has 2 N–H and O–H groups in total. The number of hydrogen-bond donors (Lipinski definition) is 2. The zero-order valence-electron chi connectivity index (χ0n) is 14.9. The molecule has 0 aliphatic carbocycles. The van der Waals surface area contributed by atoms with E-state index in [4.69, 9.17) is 0 Å². The number of piperazine rings is 1. The highest BCUT2D eigenvalue weighted by Gasteiger charge is 2.21. The summed E-state index contributed by atoms with van der Waals surface area (Å²) in [6, 6.07) is 4.67. The van der Waals surface area contributed by atoms with E-state index in [0.717, 1.165) is 50.4 Å². The van der Waals surface area contributed by atoms with E-state index >= 15 is 0 Å². The molecular weight excluding hydrogens is 307 g/mol. The number of nitrogens with one attached hydrogen (secondary N) is 2. The van der Waals surface area contributed by atoms with Gasteiger partial charge in [0.25, 0.3) is 0 Å². The number of rotatable bonds is 7. The fraction of sp³-hybridized carbons (Fsp3) is 0.611. The minimum atomic E-state index is -0.265. The Morgan fingerprint density at radius 2 is 2.00 bits per heavy atom. The van der Waals surface area contributed by atoms with Crippen LogP contribution >= 0.6 is 0 Å². The van der Waals surface area contributed by atoms with Crippen molar-refractivity contribution in [3.8, 4) is 0 Å². The Bertz CT molecular complexity index is 544. The minimum Gasteiger partial charge on any atom is -0.369 e. The lowest BCUT2D eigenvalue weighted by Gasteiger charge is -2.36. The standard InChI is InChI=1S/C18H29FN4O/c1-14(21-18(24)5-4-8-20-2)16-13-15(19)6-7-17(16)23-11-9-22(3)10-12-23/h6-7,13-14,20H,4-5,8-12H2,1-3H3,(H,21,24). The van der Waals surface area contributed by atoms with E-state index in [-0.39, 0.29) is 17.8 Å². The summed E-state index contributed by atoms with van der Waals surface area (Å²) < 4.78 is 13.8. The van der Waals surface area contributed by atoms with Crippen molar-refractivity contribution in [2.24, 2.45) is 0 Å². The Hall–Kier alpha value is -1.66. The van der Waals surface area contributed by atoms with Gasteiger partial charge in [0.15, 0.2) is 0 Å². The van der Waals surface area contributed by atoms with Gasteiger partial charge in [0.2, 0.25) is 5.91 Å². The number of carbonyl (C=O) groups excluding carboxylic acids is 1. The van der Waals surface area contributed by atoms with Gasteiger partial charge in [0.05, 0.1) is 6.04 Å². The molecule has 1 aliphatic heterocycles. The second-order valence-corrected chi connectivity index (χ2v) is 6.49. The van der Waals surface area contributed by atoms with Gasteiger partial charge in [-0.2, -0.15) is 0 Å². The Morgan fingerprint density at radius 1 is 1.29 bits per heavy atom. The van der Waals surface area contributed by atoms with E-state index in [1.54, 1.807) is 6.07 Å². The summed E-state index contributed by atoms with van der Waals surface area (Å²) in [5.41, 5.74) is 1.87. The van der Waals surface area contributed by atoms with E-state index in [9.17, 15) is 9.18 Å². The predicted octanol–water partition coefficient (Wildman–Crippen LogP) is 1.75. The molecule has 1 fully saturated rings. The second-order valence-electron chi connectivity index (χ2n) is 6.49. The molecule has 0 radical (unpaired) electrons. The highest BCUT2D eigenvalue weighted by atomic mass is 19.1. The van der Waals surface area contributed by atoms with Gasteiger partial charge in [0.1, 0.15) is 5.82 Å². The van der Waals surface area contributed by atoms with Crippen LogP contribution in [0.2, 0.25) is 0 Å². The number of nitrogens with zero attached hydrogens (tertiary/aromatic N) is 2. The molecular formula is C18H29FN4O. The van der Waals surface area contributed by atoms with Crippen molar-refractivity contribution in [3.63, 3.8) is 0 Å². The first-order valence-electron chi connectivity index (χ1n) is 8.68. The molecule has 134 valence electrons. The molecule has 5 nitrogen and oxygen atoms in total. The average molecular weight is 336 g/mol. The number of benzene rings is 1. The second kappa shape index (κ2) is 8.99. The SMILES string of the molecule is CNCCCC(=O)NC(C)c1cc(F)ccc1N1CCN(C)CC1. The van der Waals surface area contributed by atoms with Gasteiger partial charge in [-0.05, 0) is 52.2 Å². The first-order valence-corrected chi connectivity index (χ1v) is 8.68. The first kappa shape index (κ1) is 18.7. The molecule has 2 rings (SSSR count). The normalized spacial score (nSPS) is 16.9. The summed E-state index contributed by atoms with van der Waals surface area (Å²) in [5.74, 6) is -0.259. The van der Waals surface area contributed by atoms with Gasteiger partial charge >= 0.3 is 0 Å². The molecule has 24 heavy (non-hydrogen) atoms. The zero-order chi connectivity index (χ0) is 17.5. The van der Waals surface area contributed by atoms with Gasteiger partial charge in [-0.3, -0.25) is 4.79 Å². The molecule has 0 saturated carbocycles. The number of hydrogen-bond acceptors (Lipinski definition) is 4. The minimum absolute atomic E-state index is 0.00587. The third-order valence-corrected chi connectivity index (χ3v) is 4.51. The molecule has 0 spiro atoms. The van der Waals surface area contributed by atoms with Gasteiger partial charge < -0.3 is 20.4 Å². The molecule has 1 heterocycles. The lowest BCUT2D eigenvalue weighted by Crippen LogP contribution is -2.45. The fourth-order valence-corrected chi connectivity index (χ4v) is 3.02. The van der Waals surface area contributed by atoms with Crippen LogP contribution in [0, 0.1) is 5.82 Å². The summed E-state index contributed by atoms with van der Waals surface area (Å²) in [7, 11) is 3.98. The molecule has 1 aromatic rings. The smallest absolute Gasteiger partial charge is 0.220 e. The number of amides is 1. The van der Waals surface area contributed by atoms with Gasteiger partial charge in [-0.25, -0.2) is 4.39 Å². The number of anilines is 1. The van der Waals surface area contributed by atoms with Gasteiger partial charge in [0, 0.05) is 43.9 Å². The highest BCUT2D eigenvalue weighted by Crippen LogP contribution is 2.28. The molecule has 1 unspecified atom stereocenters. The van der Waals surface area contributed by atoms with Crippen LogP contribution in [-0.2, 0) is 4.79 Å². The van der Waals surface area contributed by atoms with E-state index in [0.29, 0.717) is 6.42 Å². The quantitative estimate of drug-likeness (QED) is 0.745. The number of likely N-dealkylation sites (N-methyl/N-ethyl adjacent to an activating group) is 1. The Kier molecular flexibility index (Phi) is 6.99. The van der Waals surface area contributed by atoms with Crippen molar-refractivity contribution in [3.05, 3.63) is 29.6 Å². The van der Waals surface area contributed by atoms with Gasteiger partial charge in [-0.1, -0.05) is 0 Å². The van der Waals surface area contributed by atoms with E-state index < -0.39 is 0 Å². The summed E-state index contributed by atoms with van der Waals surface area (Å²) in [5, 5.41) is 6.03. The molecule has 1 saturated heterocycles. The lowest BCUT2D eigenvalue weighted by atomic mass is 10.0. The lowest BCUT2D eigenvalue weighted by molar-refractivity contribution is -0.121. The Labute approximate surface area is 144 Å². The van der Waals surface area contributed by atoms with Crippen LogP contribution < -0.4 is 15.5 Å². The van der Waals surface area contributed by atoms with Crippen molar-refractivity contribution in [2.45, 2.75) is 25.8 Å². The van der Waals surface area contributed by atoms with Crippen LogP contribution in [0.25, 0.3) is 0 Å². The first-order chi connectivity index (χ1) is 11.5. The van der Waals surface area contributed by atoms with Crippen LogP contribution in [-0.4, -0.2) is 57.6 Å². The van der Waals surface area contributed by atoms with Crippen molar-refractivity contribution in [1.29, 1.82) is 0 Å². The van der Waals surface area contributed by atoms with E-state index in [1.807, 2.05) is 20.0 Å². The van der Waals surface area contributed by atoms with Crippen LogP contribution in [0.15, 0.2) is 18.2 Å². The molecule has 1 aromatic carbocycles. The Balaban J connectivity index is 2.07. The summed E-state index contributed by atoms with van der Waals surface area (Å²) >= 11 is 0. The van der Waals surface area contributed by atoms with Crippen molar-refractivity contribution >= 4 is 11.6 Å². The van der Waals surface area contributed by atoms with Crippen LogP contribution in [0.1, 0.15) is 31.4 Å². The maximum atomic E-state index is 13.8. The van der Waals surface area contributed by atoms with Crippen LogP contribution in [0.4, 0.5) is 10.1 Å². The van der Waals surface area contributed by atoms with Crippen molar-refractivity contribution < 1.29 is 9.18 Å². The summed E-state index contributed by atoms with van der Waals surface area (Å²) in [6.07, 6.45) is 1.27. The fourth-order valence-electron chi connectivity index (χ4n) is 3.02. The molecule has 0 aromatic heterocycles. The van der Waals surface area contributed by atoms with Crippen molar-refractivity contribution in [2.75, 3.05) is 51.7 Å². The number of halogens is 1. The van der Waals surface area contributed by atoms with Crippen LogP contribution in [0.5, 0.6) is 0 Å². The predicted molar refractivity (Wildman–Crippen MR) is 95.8 cm³/mol. The molecule has 1 atom stereocenters. The largest absolute Gasteiger partial charge is 0.369 e. The Morgan fingerprint density at radius 3 is 2.67 bits per heavy atom. The van der Waals surface area contributed by atoms with Gasteiger partial charge in [-0.15, -0.1) is 0 Å². The maximum absolute atomic E-state index is 13.8. The summed E-state index contributed by atoms with van der Waals surface area (Å²) in [4.78, 5) is 16.6. The topological polar surface area (TPSA) is 47.6 Å².